The maximum atomic E-state index is 11.6. The summed E-state index contributed by atoms with van der Waals surface area (Å²) in [5.41, 5.74) is 3.83. The third-order valence-corrected chi connectivity index (χ3v) is 4.93. The van der Waals surface area contributed by atoms with Gasteiger partial charge in [-0.25, -0.2) is 0 Å². The fourth-order valence-corrected chi connectivity index (χ4v) is 3.63. The highest BCUT2D eigenvalue weighted by atomic mass is 32.2. The van der Waals surface area contributed by atoms with Gasteiger partial charge in [0.05, 0.1) is 7.11 Å². The van der Waals surface area contributed by atoms with Crippen molar-refractivity contribution >= 4 is 16.1 Å². The predicted molar refractivity (Wildman–Crippen MR) is 101 cm³/mol. The van der Waals surface area contributed by atoms with Crippen molar-refractivity contribution in [1.29, 1.82) is 0 Å². The van der Waals surface area contributed by atoms with Gasteiger partial charge in [0.1, 0.15) is 0 Å². The zero-order valence-electron chi connectivity index (χ0n) is 15.3. The molecule has 3 rings (SSSR count). The number of Topliss-reactive ketones (excluding diaryl/α,β-unsaturated/α-hetero) is 1. The van der Waals surface area contributed by atoms with Gasteiger partial charge in [-0.15, -0.1) is 0 Å². The molecule has 2 N–H and O–H groups in total. The molecule has 0 saturated heterocycles. The highest BCUT2D eigenvalue weighted by Gasteiger charge is 2.21. The van der Waals surface area contributed by atoms with Gasteiger partial charge in [-0.1, -0.05) is 18.2 Å². The Labute approximate surface area is 158 Å². The topological polar surface area (TPSA) is 98.9 Å². The second kappa shape index (κ2) is 7.67. The maximum Gasteiger partial charge on any atom is 0.380 e. The number of hydrogen-bond donors (Lipinski definition) is 1. The van der Waals surface area contributed by atoms with Crippen molar-refractivity contribution in [1.82, 2.24) is 4.90 Å². The largest absolute Gasteiger partial charge is 0.493 e. The number of nitrogens with two attached hydrogens (primary N) is 1. The van der Waals surface area contributed by atoms with Gasteiger partial charge in [-0.05, 0) is 48.2 Å². The summed E-state index contributed by atoms with van der Waals surface area (Å²) in [5.74, 6) is 0.470. The van der Waals surface area contributed by atoms with Crippen LogP contribution in [0.5, 0.6) is 11.5 Å². The zero-order valence-corrected chi connectivity index (χ0v) is 16.1. The molecule has 1 aliphatic heterocycles. The van der Waals surface area contributed by atoms with Crippen LogP contribution in [-0.2, 0) is 29.8 Å². The van der Waals surface area contributed by atoms with Crippen molar-refractivity contribution in [2.75, 3.05) is 13.7 Å². The third kappa shape index (κ3) is 4.85. The molecule has 0 saturated carbocycles. The first kappa shape index (κ1) is 19.3. The molecule has 8 heteroatoms. The molecule has 0 aromatic heterocycles. The average molecular weight is 390 g/mol. The van der Waals surface area contributed by atoms with E-state index in [1.807, 2.05) is 24.3 Å². The minimum Gasteiger partial charge on any atom is -0.493 e. The number of ether oxygens (including phenoxy) is 1. The number of rotatable bonds is 6. The van der Waals surface area contributed by atoms with Crippen LogP contribution in [0.2, 0.25) is 0 Å². The van der Waals surface area contributed by atoms with Crippen LogP contribution in [0.15, 0.2) is 36.4 Å². The number of hydrogen-bond acceptors (Lipinski definition) is 6. The smallest absolute Gasteiger partial charge is 0.380 e. The summed E-state index contributed by atoms with van der Waals surface area (Å²) in [6, 6.07) is 11.1. The number of carbonyl (C=O) groups excluding carboxylic acids is 1. The van der Waals surface area contributed by atoms with E-state index < -0.39 is 10.3 Å². The molecule has 1 aliphatic rings. The highest BCUT2D eigenvalue weighted by molar-refractivity contribution is 7.84. The lowest BCUT2D eigenvalue weighted by Crippen LogP contribution is -2.30. The van der Waals surface area contributed by atoms with Crippen LogP contribution in [0.4, 0.5) is 0 Å². The first-order chi connectivity index (χ1) is 12.7. The van der Waals surface area contributed by atoms with E-state index in [1.54, 1.807) is 19.1 Å². The van der Waals surface area contributed by atoms with Crippen LogP contribution in [0, 0.1) is 0 Å². The van der Waals surface area contributed by atoms with Gasteiger partial charge in [0.25, 0.3) is 0 Å². The Morgan fingerprint density at radius 2 is 1.93 bits per heavy atom. The first-order valence-corrected chi connectivity index (χ1v) is 9.96. The van der Waals surface area contributed by atoms with Crippen molar-refractivity contribution in [3.63, 3.8) is 0 Å². The molecular formula is C19H22N2O5S. The zero-order chi connectivity index (χ0) is 19.6. The van der Waals surface area contributed by atoms with E-state index in [4.69, 9.17) is 14.1 Å². The van der Waals surface area contributed by atoms with E-state index in [0.717, 1.165) is 36.2 Å². The SMILES string of the molecule is COc1cc2c(cc1OS(N)(=O)=O)CCN(Cc1cccc(C(C)=O)c1)C2. The molecule has 2 aromatic carbocycles. The van der Waals surface area contributed by atoms with E-state index in [2.05, 4.69) is 4.90 Å². The van der Waals surface area contributed by atoms with Crippen LogP contribution in [0.25, 0.3) is 0 Å². The molecule has 1 heterocycles. The normalized spacial score (nSPS) is 14.5. The Morgan fingerprint density at radius 1 is 1.19 bits per heavy atom. The predicted octanol–water partition coefficient (Wildman–Crippen LogP) is 2.04. The second-order valence-corrected chi connectivity index (χ2v) is 7.72. The van der Waals surface area contributed by atoms with Gasteiger partial charge in [0.15, 0.2) is 17.3 Å². The monoisotopic (exact) mass is 390 g/mol. The fourth-order valence-electron chi connectivity index (χ4n) is 3.25. The van der Waals surface area contributed by atoms with E-state index in [-0.39, 0.29) is 11.5 Å². The molecule has 7 nitrogen and oxygen atoms in total. The summed E-state index contributed by atoms with van der Waals surface area (Å²) in [6.45, 7) is 3.77. The lowest BCUT2D eigenvalue weighted by atomic mass is 9.98. The Bertz CT molecular complexity index is 972. The molecule has 0 spiro atoms. The fraction of sp³-hybridized carbons (Fsp3) is 0.316. The second-order valence-electron chi connectivity index (χ2n) is 6.57. The van der Waals surface area contributed by atoms with Crippen molar-refractivity contribution in [3.05, 3.63) is 58.7 Å². The van der Waals surface area contributed by atoms with Crippen LogP contribution in [0.3, 0.4) is 0 Å². The van der Waals surface area contributed by atoms with E-state index in [0.29, 0.717) is 17.9 Å². The summed E-state index contributed by atoms with van der Waals surface area (Å²) in [6.07, 6.45) is 0.743. The number of benzene rings is 2. The Kier molecular flexibility index (Phi) is 5.50. The number of methoxy groups -OCH3 is 1. The molecule has 0 bridgehead atoms. The van der Waals surface area contributed by atoms with Gasteiger partial charge in [0, 0.05) is 25.2 Å². The molecular weight excluding hydrogens is 368 g/mol. The molecule has 0 amide bonds. The Morgan fingerprint density at radius 3 is 2.59 bits per heavy atom. The molecule has 0 atom stereocenters. The Balaban J connectivity index is 1.80. The summed E-state index contributed by atoms with van der Waals surface area (Å²) in [5, 5.41) is 4.97. The van der Waals surface area contributed by atoms with E-state index in [1.165, 1.54) is 7.11 Å². The molecule has 0 aliphatic carbocycles. The van der Waals surface area contributed by atoms with Gasteiger partial charge in [-0.3, -0.25) is 9.69 Å². The quantitative estimate of drug-likeness (QED) is 0.758. The number of carbonyl (C=O) groups is 1. The average Bonchev–Trinajstić information content (AvgIpc) is 2.60. The standard InChI is InChI=1S/C19H22N2O5S/c1-13(22)15-5-3-4-14(8-15)11-21-7-6-16-9-19(26-27(20,23)24)18(25-2)10-17(16)12-21/h3-5,8-10H,6-7,11-12H2,1-2H3,(H2,20,23,24). The maximum absolute atomic E-state index is 11.6. The number of nitrogens with zero attached hydrogens (tertiary/aromatic N) is 1. The molecule has 0 fully saturated rings. The lowest BCUT2D eigenvalue weighted by molar-refractivity contribution is 0.101. The summed E-state index contributed by atoms with van der Waals surface area (Å²) in [4.78, 5) is 13.8. The molecule has 144 valence electrons. The number of fused-ring (bicyclic) bond motifs is 1. The van der Waals surface area contributed by atoms with E-state index in [9.17, 15) is 13.2 Å². The third-order valence-electron chi connectivity index (χ3n) is 4.52. The van der Waals surface area contributed by atoms with Crippen LogP contribution in [-0.4, -0.2) is 32.8 Å². The van der Waals surface area contributed by atoms with Gasteiger partial charge in [-0.2, -0.15) is 13.6 Å². The minimum absolute atomic E-state index is 0.0490. The minimum atomic E-state index is -4.12. The summed E-state index contributed by atoms with van der Waals surface area (Å²) >= 11 is 0. The molecule has 2 aromatic rings. The van der Waals surface area contributed by atoms with Crippen LogP contribution < -0.4 is 14.1 Å². The van der Waals surface area contributed by atoms with E-state index >= 15 is 0 Å². The van der Waals surface area contributed by atoms with Crippen LogP contribution in [0.1, 0.15) is 34.0 Å². The van der Waals surface area contributed by atoms with Gasteiger partial charge < -0.3 is 8.92 Å². The van der Waals surface area contributed by atoms with Crippen molar-refractivity contribution in [2.45, 2.75) is 26.4 Å². The van der Waals surface area contributed by atoms with Gasteiger partial charge >= 0.3 is 10.3 Å². The van der Waals surface area contributed by atoms with Crippen LogP contribution >= 0.6 is 0 Å². The van der Waals surface area contributed by atoms with Gasteiger partial charge in [0.2, 0.25) is 0 Å². The first-order valence-electron chi connectivity index (χ1n) is 8.49. The number of ketones is 1. The molecule has 0 radical (unpaired) electrons. The highest BCUT2D eigenvalue weighted by Crippen LogP contribution is 2.34. The lowest BCUT2D eigenvalue weighted by Gasteiger charge is -2.29. The summed E-state index contributed by atoms with van der Waals surface area (Å²) in [7, 11) is -2.67. The van der Waals surface area contributed by atoms with Crippen molar-refractivity contribution < 1.29 is 22.1 Å². The van der Waals surface area contributed by atoms with Crippen molar-refractivity contribution in [3.8, 4) is 11.5 Å². The summed E-state index contributed by atoms with van der Waals surface area (Å²) < 4.78 is 32.5. The molecule has 0 unspecified atom stereocenters. The molecule has 27 heavy (non-hydrogen) atoms. The van der Waals surface area contributed by atoms with Crippen molar-refractivity contribution in [2.24, 2.45) is 5.14 Å². The Hall–Kier alpha value is -2.42.